The van der Waals surface area contributed by atoms with E-state index in [9.17, 15) is 9.90 Å². The van der Waals surface area contributed by atoms with Gasteiger partial charge in [0.15, 0.2) is 0 Å². The fourth-order valence-electron chi connectivity index (χ4n) is 4.68. The number of hydrogen-bond acceptors (Lipinski definition) is 5. The largest absolute Gasteiger partial charge is 0.465 e. The van der Waals surface area contributed by atoms with Gasteiger partial charge in [-0.2, -0.15) is 0 Å². The molecule has 0 fully saturated rings. The Kier molecular flexibility index (Phi) is 7.03. The third-order valence-electron chi connectivity index (χ3n) is 6.53. The van der Waals surface area contributed by atoms with Crippen molar-refractivity contribution in [2.24, 2.45) is 5.92 Å². The number of thiazole rings is 1. The van der Waals surface area contributed by atoms with Gasteiger partial charge >= 0.3 is 6.09 Å². The molecule has 4 aromatic rings. The van der Waals surface area contributed by atoms with E-state index < -0.39 is 6.09 Å². The Balaban J connectivity index is 1.41. The normalized spacial score (nSPS) is 13.3. The maximum Gasteiger partial charge on any atom is 0.407 e. The first-order valence-corrected chi connectivity index (χ1v) is 13.8. The van der Waals surface area contributed by atoms with E-state index in [1.165, 1.54) is 15.5 Å². The van der Waals surface area contributed by atoms with Gasteiger partial charge in [0.1, 0.15) is 5.01 Å². The second-order valence-corrected chi connectivity index (χ2v) is 11.3. The highest BCUT2D eigenvalue weighted by Crippen LogP contribution is 2.48. The van der Waals surface area contributed by atoms with Crippen LogP contribution >= 0.6 is 23.1 Å². The maximum absolute atomic E-state index is 12.3. The molecule has 0 spiro atoms. The first kappa shape index (κ1) is 24.4. The van der Waals surface area contributed by atoms with Crippen molar-refractivity contribution in [3.05, 3.63) is 88.7 Å². The fraction of sp³-hybridized carbons (Fsp3) is 0.241. The number of rotatable bonds is 7. The molecule has 0 saturated carbocycles. The summed E-state index contributed by atoms with van der Waals surface area (Å²) in [6.07, 6.45) is -0.238. The Morgan fingerprint density at radius 1 is 1.00 bits per heavy atom. The summed E-state index contributed by atoms with van der Waals surface area (Å²) in [5.74, 6) is 0.0958. The Morgan fingerprint density at radius 2 is 1.72 bits per heavy atom. The molecule has 184 valence electrons. The van der Waals surface area contributed by atoms with E-state index in [-0.39, 0.29) is 12.0 Å². The molecular weight excluding hydrogens is 486 g/mol. The molecule has 1 atom stereocenters. The van der Waals surface area contributed by atoms with Crippen molar-refractivity contribution in [2.45, 2.75) is 36.1 Å². The van der Waals surface area contributed by atoms with Crippen molar-refractivity contribution in [3.63, 3.8) is 0 Å². The van der Waals surface area contributed by atoms with Gasteiger partial charge in [-0.05, 0) is 42.2 Å². The molecule has 1 aromatic heterocycles. The zero-order valence-electron chi connectivity index (χ0n) is 20.6. The Morgan fingerprint density at radius 3 is 2.47 bits per heavy atom. The summed E-state index contributed by atoms with van der Waals surface area (Å²) >= 11 is 3.32. The van der Waals surface area contributed by atoms with Gasteiger partial charge < -0.3 is 10.0 Å². The SMILES string of the molecule is CC(C)C(c1nc(-c2ccc3c(c2)N(C)c2ccccc2S3)cs1)N(CCc1ccccc1)C(=O)O. The minimum absolute atomic E-state index is 0.0958. The molecule has 1 aliphatic rings. The van der Waals surface area contributed by atoms with E-state index in [2.05, 4.69) is 68.3 Å². The molecule has 1 amide bonds. The lowest BCUT2D eigenvalue weighted by Gasteiger charge is -2.31. The monoisotopic (exact) mass is 515 g/mol. The van der Waals surface area contributed by atoms with Crippen LogP contribution in [-0.2, 0) is 6.42 Å². The average Bonchev–Trinajstić information content (AvgIpc) is 3.36. The van der Waals surface area contributed by atoms with Gasteiger partial charge in [0, 0.05) is 34.3 Å². The predicted octanol–water partition coefficient (Wildman–Crippen LogP) is 7.96. The van der Waals surface area contributed by atoms with Crippen molar-refractivity contribution in [1.82, 2.24) is 9.88 Å². The summed E-state index contributed by atoms with van der Waals surface area (Å²) in [5.41, 5.74) is 5.40. The van der Waals surface area contributed by atoms with Gasteiger partial charge in [-0.15, -0.1) is 11.3 Å². The van der Waals surface area contributed by atoms with Gasteiger partial charge in [0.2, 0.25) is 0 Å². The first-order valence-electron chi connectivity index (χ1n) is 12.1. The Hall–Kier alpha value is -3.29. The molecule has 3 aromatic carbocycles. The van der Waals surface area contributed by atoms with Gasteiger partial charge in [0.05, 0.1) is 23.1 Å². The van der Waals surface area contributed by atoms with Crippen molar-refractivity contribution in [2.75, 3.05) is 18.5 Å². The minimum Gasteiger partial charge on any atom is -0.465 e. The van der Waals surface area contributed by atoms with Crippen LogP contribution in [0.2, 0.25) is 0 Å². The van der Waals surface area contributed by atoms with Crippen molar-refractivity contribution < 1.29 is 9.90 Å². The zero-order chi connectivity index (χ0) is 25.2. The highest BCUT2D eigenvalue weighted by molar-refractivity contribution is 7.99. The van der Waals surface area contributed by atoms with Crippen molar-refractivity contribution in [3.8, 4) is 11.3 Å². The van der Waals surface area contributed by atoms with E-state index in [0.29, 0.717) is 13.0 Å². The molecule has 0 radical (unpaired) electrons. The van der Waals surface area contributed by atoms with Gasteiger partial charge in [-0.1, -0.05) is 74.1 Å². The molecular formula is C29H29N3O2S2. The lowest BCUT2D eigenvalue weighted by molar-refractivity contribution is 0.110. The first-order chi connectivity index (χ1) is 17.4. The predicted molar refractivity (Wildman–Crippen MR) is 149 cm³/mol. The fourth-order valence-corrected chi connectivity index (χ4v) is 6.92. The Labute approximate surface area is 220 Å². The van der Waals surface area contributed by atoms with Crippen LogP contribution in [0.3, 0.4) is 0 Å². The summed E-state index contributed by atoms with van der Waals surface area (Å²) in [6.45, 7) is 4.55. The molecule has 0 bridgehead atoms. The highest BCUT2D eigenvalue weighted by atomic mass is 32.2. The molecule has 36 heavy (non-hydrogen) atoms. The number of hydrogen-bond donors (Lipinski definition) is 1. The van der Waals surface area contributed by atoms with Crippen molar-refractivity contribution in [1.29, 1.82) is 0 Å². The van der Waals surface area contributed by atoms with E-state index >= 15 is 0 Å². The number of carboxylic acid groups (broad SMARTS) is 1. The Bertz CT molecular complexity index is 1370. The number of carbonyl (C=O) groups is 1. The number of benzene rings is 3. The van der Waals surface area contributed by atoms with Crippen LogP contribution < -0.4 is 4.90 Å². The van der Waals surface area contributed by atoms with E-state index in [0.717, 1.165) is 27.5 Å². The molecule has 5 nitrogen and oxygen atoms in total. The second-order valence-electron chi connectivity index (χ2n) is 9.28. The molecule has 1 N–H and O–H groups in total. The van der Waals surface area contributed by atoms with Crippen LogP contribution in [0, 0.1) is 5.92 Å². The summed E-state index contributed by atoms with van der Waals surface area (Å²) < 4.78 is 0. The molecule has 5 rings (SSSR count). The molecule has 7 heteroatoms. The molecule has 0 saturated heterocycles. The number of aromatic nitrogens is 1. The van der Waals surface area contributed by atoms with Crippen LogP contribution in [0.25, 0.3) is 11.3 Å². The van der Waals surface area contributed by atoms with Crippen LogP contribution in [0.5, 0.6) is 0 Å². The smallest absolute Gasteiger partial charge is 0.407 e. The highest BCUT2D eigenvalue weighted by Gasteiger charge is 2.30. The van der Waals surface area contributed by atoms with Crippen LogP contribution in [0.1, 0.15) is 30.5 Å². The lowest BCUT2D eigenvalue weighted by atomic mass is 10.0. The lowest BCUT2D eigenvalue weighted by Crippen LogP contribution is -2.38. The number of anilines is 2. The topological polar surface area (TPSA) is 56.7 Å². The van der Waals surface area contributed by atoms with Gasteiger partial charge in [-0.25, -0.2) is 9.78 Å². The number of para-hydroxylation sites is 1. The van der Waals surface area contributed by atoms with Crippen LogP contribution in [0.15, 0.2) is 88.0 Å². The summed E-state index contributed by atoms with van der Waals surface area (Å²) in [7, 11) is 2.10. The number of nitrogens with zero attached hydrogens (tertiary/aromatic N) is 3. The third-order valence-corrected chi connectivity index (χ3v) is 8.58. The molecule has 1 unspecified atom stereocenters. The van der Waals surface area contributed by atoms with Crippen molar-refractivity contribution >= 4 is 40.6 Å². The van der Waals surface area contributed by atoms with E-state index in [1.54, 1.807) is 28.0 Å². The maximum atomic E-state index is 12.3. The molecule has 1 aliphatic heterocycles. The molecule has 2 heterocycles. The second kappa shape index (κ2) is 10.4. The number of amides is 1. The minimum atomic E-state index is -0.910. The average molecular weight is 516 g/mol. The number of fused-ring (bicyclic) bond motifs is 2. The van der Waals surface area contributed by atoms with E-state index in [1.807, 2.05) is 35.7 Å². The van der Waals surface area contributed by atoms with Gasteiger partial charge in [-0.3, -0.25) is 4.90 Å². The standard InChI is InChI=1S/C29H29N3O2S2/c1-19(2)27(32(29(33)34)16-15-20-9-5-4-6-10-20)28-30-22(18-35-28)21-13-14-26-24(17-21)31(3)23-11-7-8-12-25(23)36-26/h4-14,17-19,27H,15-16H2,1-3H3,(H,33,34). The summed E-state index contributed by atoms with van der Waals surface area (Å²) in [5, 5.41) is 13.0. The third kappa shape index (κ3) is 4.86. The molecule has 0 aliphatic carbocycles. The van der Waals surface area contributed by atoms with Crippen LogP contribution in [0.4, 0.5) is 16.2 Å². The summed E-state index contributed by atoms with van der Waals surface area (Å²) in [4.78, 5) is 23.5. The zero-order valence-corrected chi connectivity index (χ0v) is 22.2. The van der Waals surface area contributed by atoms with E-state index in [4.69, 9.17) is 4.98 Å². The van der Waals surface area contributed by atoms with Gasteiger partial charge in [0.25, 0.3) is 0 Å². The quantitative estimate of drug-likeness (QED) is 0.270. The van der Waals surface area contributed by atoms with Crippen LogP contribution in [-0.4, -0.2) is 34.7 Å². The summed E-state index contributed by atoms with van der Waals surface area (Å²) in [6, 6.07) is 24.6.